The highest BCUT2D eigenvalue weighted by Gasteiger charge is 2.19. The first-order valence-corrected chi connectivity index (χ1v) is 10.5. The molecule has 0 aromatic heterocycles. The molecule has 2 N–H and O–H groups in total. The molecule has 164 valence electrons. The topological polar surface area (TPSA) is 66.0 Å². The number of benzene rings is 1. The van der Waals surface area contributed by atoms with Crippen molar-refractivity contribution in [3.05, 3.63) is 35.4 Å². The van der Waals surface area contributed by atoms with Crippen LogP contribution in [0, 0.1) is 5.92 Å². The molecule has 29 heavy (non-hydrogen) atoms. The average Bonchev–Trinajstić information content (AvgIpc) is 3.07. The lowest BCUT2D eigenvalue weighted by atomic mass is 10.1. The molecule has 0 saturated carbocycles. The van der Waals surface area contributed by atoms with E-state index in [0.717, 1.165) is 50.6 Å². The van der Waals surface area contributed by atoms with Gasteiger partial charge in [-0.15, -0.1) is 24.0 Å². The Morgan fingerprint density at radius 1 is 1.24 bits per heavy atom. The summed E-state index contributed by atoms with van der Waals surface area (Å²) in [5, 5.41) is 6.59. The number of hydrogen-bond acceptors (Lipinski definition) is 3. The van der Waals surface area contributed by atoms with Crippen molar-refractivity contribution in [2.45, 2.75) is 53.1 Å². The predicted molar refractivity (Wildman–Crippen MR) is 130 cm³/mol. The van der Waals surface area contributed by atoms with Crippen molar-refractivity contribution >= 4 is 35.8 Å². The van der Waals surface area contributed by atoms with Gasteiger partial charge >= 0.3 is 0 Å². The molecule has 1 saturated heterocycles. The van der Waals surface area contributed by atoms with Crippen molar-refractivity contribution < 1.29 is 9.53 Å². The Bertz CT molecular complexity index is 637. The summed E-state index contributed by atoms with van der Waals surface area (Å²) in [6.45, 7) is 11.7. The molecule has 0 spiro atoms. The van der Waals surface area contributed by atoms with Gasteiger partial charge in [-0.2, -0.15) is 0 Å². The number of carbonyl (C=O) groups excluding carboxylic acids is 1. The molecule has 0 unspecified atom stereocenters. The van der Waals surface area contributed by atoms with Crippen LogP contribution in [0.4, 0.5) is 0 Å². The predicted octanol–water partition coefficient (Wildman–Crippen LogP) is 3.54. The van der Waals surface area contributed by atoms with Crippen LogP contribution in [-0.2, 0) is 22.6 Å². The van der Waals surface area contributed by atoms with E-state index < -0.39 is 0 Å². The second-order valence-electron chi connectivity index (χ2n) is 7.66. The van der Waals surface area contributed by atoms with E-state index in [9.17, 15) is 4.79 Å². The number of halogens is 1. The van der Waals surface area contributed by atoms with Crippen LogP contribution in [0.2, 0.25) is 0 Å². The zero-order valence-corrected chi connectivity index (χ0v) is 20.4. The molecular formula is C22H37IN4O2. The van der Waals surface area contributed by atoms with Gasteiger partial charge in [0.1, 0.15) is 0 Å². The van der Waals surface area contributed by atoms with Gasteiger partial charge in [0.05, 0.1) is 13.2 Å². The van der Waals surface area contributed by atoms with Gasteiger partial charge in [-0.1, -0.05) is 38.1 Å². The molecule has 1 aromatic carbocycles. The van der Waals surface area contributed by atoms with Crippen molar-refractivity contribution in [1.29, 1.82) is 0 Å². The third kappa shape index (κ3) is 10.3. The number of aliphatic imine (C=N–C) groups is 1. The summed E-state index contributed by atoms with van der Waals surface area (Å²) in [6.07, 6.45) is 2.75. The lowest BCUT2D eigenvalue weighted by molar-refractivity contribution is -0.128. The van der Waals surface area contributed by atoms with Crippen LogP contribution in [0.3, 0.4) is 0 Å². The highest BCUT2D eigenvalue weighted by atomic mass is 127. The Hall–Kier alpha value is -1.35. The second kappa shape index (κ2) is 14.6. The normalized spacial score (nSPS) is 14.3. The van der Waals surface area contributed by atoms with E-state index >= 15 is 0 Å². The third-order valence-corrected chi connectivity index (χ3v) is 4.68. The van der Waals surface area contributed by atoms with Crippen molar-refractivity contribution in [2.75, 3.05) is 32.8 Å². The fourth-order valence-corrected chi connectivity index (χ4v) is 3.09. The largest absolute Gasteiger partial charge is 0.380 e. The van der Waals surface area contributed by atoms with Crippen LogP contribution in [0.15, 0.2) is 29.3 Å². The van der Waals surface area contributed by atoms with E-state index in [1.807, 2.05) is 11.0 Å². The van der Waals surface area contributed by atoms with Gasteiger partial charge in [-0.05, 0) is 36.8 Å². The Morgan fingerprint density at radius 2 is 2.03 bits per heavy atom. The molecule has 2 rings (SSSR count). The molecule has 1 fully saturated rings. The van der Waals surface area contributed by atoms with Crippen LogP contribution < -0.4 is 10.6 Å². The molecule has 1 aliphatic heterocycles. The highest BCUT2D eigenvalue weighted by molar-refractivity contribution is 14.0. The molecule has 0 atom stereocenters. The summed E-state index contributed by atoms with van der Waals surface area (Å²) in [4.78, 5) is 18.4. The van der Waals surface area contributed by atoms with E-state index in [2.05, 4.69) is 54.6 Å². The van der Waals surface area contributed by atoms with Crippen molar-refractivity contribution in [1.82, 2.24) is 15.5 Å². The summed E-state index contributed by atoms with van der Waals surface area (Å²) in [7, 11) is 0. The van der Waals surface area contributed by atoms with Crippen LogP contribution in [0.1, 0.15) is 51.2 Å². The smallest absolute Gasteiger partial charge is 0.222 e. The van der Waals surface area contributed by atoms with Gasteiger partial charge in [0, 0.05) is 39.2 Å². The monoisotopic (exact) mass is 516 g/mol. The average molecular weight is 516 g/mol. The fraction of sp³-hybridized carbons (Fsp3) is 0.636. The minimum absolute atomic E-state index is 0. The molecule has 0 bridgehead atoms. The first-order chi connectivity index (χ1) is 13.6. The Morgan fingerprint density at radius 3 is 2.72 bits per heavy atom. The van der Waals surface area contributed by atoms with Crippen LogP contribution >= 0.6 is 24.0 Å². The SMILES string of the molecule is CCNC(=NCc1cccc(CN2CCCC2=O)c1)NCCOCCC(C)C.I. The van der Waals surface area contributed by atoms with Gasteiger partial charge in [0.15, 0.2) is 5.96 Å². The van der Waals surface area contributed by atoms with Crippen LogP contribution in [-0.4, -0.2) is 49.6 Å². The number of nitrogens with zero attached hydrogens (tertiary/aromatic N) is 2. The zero-order chi connectivity index (χ0) is 20.2. The van der Waals surface area contributed by atoms with E-state index in [0.29, 0.717) is 32.0 Å². The summed E-state index contributed by atoms with van der Waals surface area (Å²) in [6, 6.07) is 8.35. The molecule has 1 aromatic rings. The summed E-state index contributed by atoms with van der Waals surface area (Å²) in [5.74, 6) is 1.74. The standard InChI is InChI=1S/C22H36N4O2.HI/c1-4-23-22(24-11-14-28-13-10-18(2)3)25-16-19-7-5-8-20(15-19)17-26-12-6-9-21(26)27;/h5,7-8,15,18H,4,6,9-14,16-17H2,1-3H3,(H2,23,24,25);1H. The number of amides is 1. The van der Waals surface area contributed by atoms with E-state index in [4.69, 9.17) is 4.74 Å². The summed E-state index contributed by atoms with van der Waals surface area (Å²) < 4.78 is 5.65. The van der Waals surface area contributed by atoms with E-state index in [1.165, 1.54) is 5.56 Å². The lowest BCUT2D eigenvalue weighted by Crippen LogP contribution is -2.39. The Balaban J connectivity index is 0.00000420. The van der Waals surface area contributed by atoms with Crippen LogP contribution in [0.5, 0.6) is 0 Å². The maximum Gasteiger partial charge on any atom is 0.222 e. The van der Waals surface area contributed by atoms with Crippen molar-refractivity contribution in [2.24, 2.45) is 10.9 Å². The zero-order valence-electron chi connectivity index (χ0n) is 18.1. The summed E-state index contributed by atoms with van der Waals surface area (Å²) in [5.41, 5.74) is 2.31. The van der Waals surface area contributed by atoms with E-state index in [1.54, 1.807) is 0 Å². The minimum atomic E-state index is 0. The highest BCUT2D eigenvalue weighted by Crippen LogP contribution is 2.15. The quantitative estimate of drug-likeness (QED) is 0.205. The van der Waals surface area contributed by atoms with E-state index in [-0.39, 0.29) is 29.9 Å². The molecular weight excluding hydrogens is 479 g/mol. The number of carbonyl (C=O) groups is 1. The Labute approximate surface area is 192 Å². The van der Waals surface area contributed by atoms with Gasteiger partial charge < -0.3 is 20.3 Å². The number of hydrogen-bond donors (Lipinski definition) is 2. The number of likely N-dealkylation sites (tertiary alicyclic amines) is 1. The number of rotatable bonds is 11. The maximum absolute atomic E-state index is 11.8. The third-order valence-electron chi connectivity index (χ3n) is 4.68. The van der Waals surface area contributed by atoms with Gasteiger partial charge in [-0.25, -0.2) is 4.99 Å². The molecule has 0 aliphatic carbocycles. The first-order valence-electron chi connectivity index (χ1n) is 10.5. The minimum Gasteiger partial charge on any atom is -0.380 e. The van der Waals surface area contributed by atoms with Crippen molar-refractivity contribution in [3.8, 4) is 0 Å². The van der Waals surface area contributed by atoms with Crippen molar-refractivity contribution in [3.63, 3.8) is 0 Å². The maximum atomic E-state index is 11.8. The van der Waals surface area contributed by atoms with Crippen LogP contribution in [0.25, 0.3) is 0 Å². The van der Waals surface area contributed by atoms with Gasteiger partial charge in [0.25, 0.3) is 0 Å². The molecule has 1 heterocycles. The molecule has 0 radical (unpaired) electrons. The lowest BCUT2D eigenvalue weighted by Gasteiger charge is -2.16. The number of guanidine groups is 1. The second-order valence-corrected chi connectivity index (χ2v) is 7.66. The summed E-state index contributed by atoms with van der Waals surface area (Å²) >= 11 is 0. The molecule has 6 nitrogen and oxygen atoms in total. The molecule has 1 amide bonds. The number of nitrogens with one attached hydrogen (secondary N) is 2. The molecule has 1 aliphatic rings. The van der Waals surface area contributed by atoms with Gasteiger partial charge in [-0.3, -0.25) is 4.79 Å². The fourth-order valence-electron chi connectivity index (χ4n) is 3.09. The van der Waals surface area contributed by atoms with Gasteiger partial charge in [0.2, 0.25) is 5.91 Å². The first kappa shape index (κ1) is 25.7. The number of ether oxygens (including phenoxy) is 1. The molecule has 7 heteroatoms. The Kier molecular flexibility index (Phi) is 12.9.